The molecule has 0 amide bonds. The van der Waals surface area contributed by atoms with E-state index < -0.39 is 0 Å². The molecule has 0 atom stereocenters. The van der Waals surface area contributed by atoms with Crippen LogP contribution in [0.3, 0.4) is 0 Å². The lowest BCUT2D eigenvalue weighted by atomic mass is 10.1. The molecule has 0 radical (unpaired) electrons. The van der Waals surface area contributed by atoms with Crippen molar-refractivity contribution >= 4 is 27.3 Å². The van der Waals surface area contributed by atoms with Crippen LogP contribution in [-0.4, -0.2) is 0 Å². The van der Waals surface area contributed by atoms with Gasteiger partial charge in [0.15, 0.2) is 0 Å². The summed E-state index contributed by atoms with van der Waals surface area (Å²) in [6.45, 7) is 4.03. The van der Waals surface area contributed by atoms with Crippen molar-refractivity contribution in [1.29, 1.82) is 0 Å². The number of hydrogen-bond acceptors (Lipinski definition) is 2. The third-order valence-electron chi connectivity index (χ3n) is 3.46. The Bertz CT molecular complexity index is 607. The van der Waals surface area contributed by atoms with Crippen molar-refractivity contribution in [3.63, 3.8) is 0 Å². The molecule has 0 saturated carbocycles. The normalized spacial score (nSPS) is 13.8. The number of nitrogens with two attached hydrogens (primary N) is 1. The molecule has 2 N–H and O–H groups in total. The maximum absolute atomic E-state index is 5.83. The van der Waals surface area contributed by atoms with Crippen molar-refractivity contribution < 1.29 is 0 Å². The van der Waals surface area contributed by atoms with E-state index in [-0.39, 0.29) is 0 Å². The van der Waals surface area contributed by atoms with E-state index in [0.29, 0.717) is 0 Å². The van der Waals surface area contributed by atoms with Crippen LogP contribution in [-0.2, 0) is 13.1 Å². The number of rotatable bonds is 1. The molecule has 3 heteroatoms. The number of benzene rings is 2. The van der Waals surface area contributed by atoms with Crippen molar-refractivity contribution in [2.75, 3.05) is 10.6 Å². The van der Waals surface area contributed by atoms with E-state index in [1.165, 1.54) is 22.4 Å². The highest BCUT2D eigenvalue weighted by Crippen LogP contribution is 2.31. The highest BCUT2D eigenvalue weighted by atomic mass is 79.9. The molecule has 1 aliphatic heterocycles. The zero-order valence-corrected chi connectivity index (χ0v) is 11.9. The van der Waals surface area contributed by atoms with E-state index in [0.717, 1.165) is 23.2 Å². The molecular formula is C15H15BrN2. The van der Waals surface area contributed by atoms with Gasteiger partial charge in [0.2, 0.25) is 0 Å². The lowest BCUT2D eigenvalue weighted by Crippen LogP contribution is -2.14. The second-order valence-corrected chi connectivity index (χ2v) is 5.67. The molecule has 0 aromatic heterocycles. The molecule has 0 fully saturated rings. The first-order valence-corrected chi connectivity index (χ1v) is 6.81. The van der Waals surface area contributed by atoms with Gasteiger partial charge < -0.3 is 10.6 Å². The van der Waals surface area contributed by atoms with Gasteiger partial charge in [-0.05, 0) is 53.9 Å². The van der Waals surface area contributed by atoms with Crippen LogP contribution in [0.2, 0.25) is 0 Å². The average Bonchev–Trinajstić information content (AvgIpc) is 2.75. The van der Waals surface area contributed by atoms with Gasteiger partial charge in [0.05, 0.1) is 0 Å². The zero-order valence-electron chi connectivity index (χ0n) is 10.3. The average molecular weight is 303 g/mol. The van der Waals surface area contributed by atoms with Gasteiger partial charge in [0.1, 0.15) is 0 Å². The van der Waals surface area contributed by atoms with E-state index in [1.807, 2.05) is 6.07 Å². The third-order valence-corrected chi connectivity index (χ3v) is 4.35. The molecule has 2 aromatic carbocycles. The maximum Gasteiger partial charge on any atom is 0.0437 e. The molecule has 1 aliphatic rings. The van der Waals surface area contributed by atoms with Crippen molar-refractivity contribution in [2.45, 2.75) is 20.0 Å². The fraction of sp³-hybridized carbons (Fsp3) is 0.200. The fourth-order valence-corrected chi connectivity index (χ4v) is 2.67. The van der Waals surface area contributed by atoms with Gasteiger partial charge in [-0.15, -0.1) is 0 Å². The summed E-state index contributed by atoms with van der Waals surface area (Å²) in [5, 5.41) is 0. The van der Waals surface area contributed by atoms with E-state index in [1.54, 1.807) is 0 Å². The van der Waals surface area contributed by atoms with Gasteiger partial charge in [0, 0.05) is 28.9 Å². The monoisotopic (exact) mass is 302 g/mol. The number of nitrogen functional groups attached to an aromatic ring is 1. The summed E-state index contributed by atoms with van der Waals surface area (Å²) in [6.07, 6.45) is 0. The molecule has 0 bridgehead atoms. The molecule has 3 rings (SSSR count). The Hall–Kier alpha value is -1.48. The Balaban J connectivity index is 1.91. The second kappa shape index (κ2) is 4.32. The molecule has 1 heterocycles. The molecule has 0 aliphatic carbocycles. The number of fused-ring (bicyclic) bond motifs is 1. The van der Waals surface area contributed by atoms with E-state index in [2.05, 4.69) is 58.1 Å². The number of hydrogen-bond donors (Lipinski definition) is 1. The molecule has 0 spiro atoms. The van der Waals surface area contributed by atoms with Crippen LogP contribution in [0.15, 0.2) is 40.9 Å². The molecule has 2 aromatic rings. The third kappa shape index (κ3) is 1.99. The van der Waals surface area contributed by atoms with Crippen LogP contribution < -0.4 is 10.6 Å². The Labute approximate surface area is 116 Å². The Kier molecular flexibility index (Phi) is 2.78. The topological polar surface area (TPSA) is 29.3 Å². The largest absolute Gasteiger partial charge is 0.399 e. The lowest BCUT2D eigenvalue weighted by Gasteiger charge is -2.18. The first kappa shape index (κ1) is 11.6. The minimum atomic E-state index is 0.850. The molecule has 0 saturated heterocycles. The Morgan fingerprint density at radius 2 is 1.83 bits per heavy atom. The van der Waals surface area contributed by atoms with E-state index >= 15 is 0 Å². The number of aryl methyl sites for hydroxylation is 1. The standard InChI is InChI=1S/C15H15BrN2/c1-10-6-14(4-5-15(10)16)18-8-11-2-3-13(17)7-12(11)9-18/h2-7H,8-9,17H2,1H3. The second-order valence-electron chi connectivity index (χ2n) is 4.82. The van der Waals surface area contributed by atoms with E-state index in [9.17, 15) is 0 Å². The van der Waals surface area contributed by atoms with Gasteiger partial charge in [-0.1, -0.05) is 22.0 Å². The molecule has 18 heavy (non-hydrogen) atoms. The SMILES string of the molecule is Cc1cc(N2Cc3ccc(N)cc3C2)ccc1Br. The van der Waals surface area contributed by atoms with Crippen LogP contribution in [0, 0.1) is 6.92 Å². The van der Waals surface area contributed by atoms with Gasteiger partial charge >= 0.3 is 0 Å². The van der Waals surface area contributed by atoms with Crippen LogP contribution >= 0.6 is 15.9 Å². The first-order valence-electron chi connectivity index (χ1n) is 6.02. The summed E-state index contributed by atoms with van der Waals surface area (Å²) in [5.74, 6) is 0. The summed E-state index contributed by atoms with van der Waals surface area (Å²) >= 11 is 3.54. The summed E-state index contributed by atoms with van der Waals surface area (Å²) in [6, 6.07) is 12.7. The summed E-state index contributed by atoms with van der Waals surface area (Å²) in [5.41, 5.74) is 11.9. The summed E-state index contributed by atoms with van der Waals surface area (Å²) in [4.78, 5) is 2.38. The Morgan fingerprint density at radius 3 is 2.61 bits per heavy atom. The number of halogens is 1. The highest BCUT2D eigenvalue weighted by molar-refractivity contribution is 9.10. The zero-order chi connectivity index (χ0) is 12.7. The highest BCUT2D eigenvalue weighted by Gasteiger charge is 2.19. The number of nitrogens with zero attached hydrogens (tertiary/aromatic N) is 1. The quantitative estimate of drug-likeness (QED) is 0.811. The fourth-order valence-electron chi connectivity index (χ4n) is 2.42. The summed E-state index contributed by atoms with van der Waals surface area (Å²) in [7, 11) is 0. The number of anilines is 2. The van der Waals surface area contributed by atoms with Gasteiger partial charge in [-0.3, -0.25) is 0 Å². The first-order chi connectivity index (χ1) is 8.63. The van der Waals surface area contributed by atoms with Crippen molar-refractivity contribution in [3.05, 3.63) is 57.6 Å². The van der Waals surface area contributed by atoms with Crippen LogP contribution in [0.25, 0.3) is 0 Å². The smallest absolute Gasteiger partial charge is 0.0437 e. The van der Waals surface area contributed by atoms with E-state index in [4.69, 9.17) is 5.73 Å². The molecule has 0 unspecified atom stereocenters. The minimum Gasteiger partial charge on any atom is -0.399 e. The maximum atomic E-state index is 5.83. The van der Waals surface area contributed by atoms with Gasteiger partial charge in [-0.25, -0.2) is 0 Å². The predicted octanol–water partition coefficient (Wildman–Crippen LogP) is 3.86. The summed E-state index contributed by atoms with van der Waals surface area (Å²) < 4.78 is 1.16. The Morgan fingerprint density at radius 1 is 1.06 bits per heavy atom. The van der Waals surface area contributed by atoms with Crippen LogP contribution in [0.5, 0.6) is 0 Å². The van der Waals surface area contributed by atoms with Crippen LogP contribution in [0.4, 0.5) is 11.4 Å². The van der Waals surface area contributed by atoms with Gasteiger partial charge in [0.25, 0.3) is 0 Å². The van der Waals surface area contributed by atoms with Crippen molar-refractivity contribution in [3.8, 4) is 0 Å². The molecular weight excluding hydrogens is 288 g/mol. The molecule has 2 nitrogen and oxygen atoms in total. The van der Waals surface area contributed by atoms with Gasteiger partial charge in [-0.2, -0.15) is 0 Å². The lowest BCUT2D eigenvalue weighted by molar-refractivity contribution is 0.879. The van der Waals surface area contributed by atoms with Crippen molar-refractivity contribution in [1.82, 2.24) is 0 Å². The van der Waals surface area contributed by atoms with Crippen molar-refractivity contribution in [2.24, 2.45) is 0 Å². The minimum absolute atomic E-state index is 0.850. The van der Waals surface area contributed by atoms with Crippen LogP contribution in [0.1, 0.15) is 16.7 Å². The molecule has 92 valence electrons. The predicted molar refractivity (Wildman–Crippen MR) is 79.6 cm³/mol.